The minimum atomic E-state index is -1.41. The van der Waals surface area contributed by atoms with E-state index in [1.165, 1.54) is 0 Å². The first-order chi connectivity index (χ1) is 8.61. The molecular weight excluding hydrogens is 244 g/mol. The van der Waals surface area contributed by atoms with Crippen LogP contribution in [0.5, 0.6) is 0 Å². The number of hydrogen-bond acceptors (Lipinski definition) is 7. The smallest absolute Gasteiger partial charge is 0.186 e. The van der Waals surface area contributed by atoms with Gasteiger partial charge in [0.2, 0.25) is 0 Å². The number of hydrogen-bond donors (Lipinski definition) is 4. The highest BCUT2D eigenvalue weighted by atomic mass is 16.7. The van der Waals surface area contributed by atoms with Crippen LogP contribution in [-0.2, 0) is 14.2 Å². The molecular formula is C11H22O7. The summed E-state index contributed by atoms with van der Waals surface area (Å²) in [5, 5.41) is 37.7. The third-order valence-electron chi connectivity index (χ3n) is 2.71. The number of rotatable bonds is 7. The molecule has 0 spiro atoms. The van der Waals surface area contributed by atoms with E-state index in [2.05, 4.69) is 0 Å². The molecule has 0 aromatic rings. The minimum absolute atomic E-state index is 0.197. The average Bonchev–Trinajstić information content (AvgIpc) is 2.38. The molecule has 2 unspecified atom stereocenters. The maximum absolute atomic E-state index is 9.64. The van der Waals surface area contributed by atoms with E-state index in [4.69, 9.17) is 19.3 Å². The van der Waals surface area contributed by atoms with Gasteiger partial charge in [-0.3, -0.25) is 0 Å². The lowest BCUT2D eigenvalue weighted by molar-refractivity contribution is -0.302. The summed E-state index contributed by atoms with van der Waals surface area (Å²) in [4.78, 5) is 0. The lowest BCUT2D eigenvalue weighted by Gasteiger charge is -2.39. The lowest BCUT2D eigenvalue weighted by Crippen LogP contribution is -2.59. The van der Waals surface area contributed by atoms with Gasteiger partial charge in [0, 0.05) is 6.61 Å². The van der Waals surface area contributed by atoms with Crippen molar-refractivity contribution in [3.05, 3.63) is 0 Å². The average molecular weight is 266 g/mol. The molecule has 7 nitrogen and oxygen atoms in total. The van der Waals surface area contributed by atoms with Crippen LogP contribution in [0.3, 0.4) is 0 Å². The highest BCUT2D eigenvalue weighted by Gasteiger charge is 2.43. The molecule has 4 N–H and O–H groups in total. The Morgan fingerprint density at radius 1 is 1.00 bits per heavy atom. The molecule has 0 aromatic carbocycles. The molecule has 0 bridgehead atoms. The van der Waals surface area contributed by atoms with Crippen LogP contribution < -0.4 is 0 Å². The molecule has 0 amide bonds. The number of ether oxygens (including phenoxy) is 3. The first kappa shape index (κ1) is 15.8. The Morgan fingerprint density at radius 3 is 2.33 bits per heavy atom. The molecule has 1 saturated heterocycles. The van der Waals surface area contributed by atoms with Crippen molar-refractivity contribution in [1.29, 1.82) is 0 Å². The zero-order chi connectivity index (χ0) is 13.5. The summed E-state index contributed by atoms with van der Waals surface area (Å²) in [6.45, 7) is 2.69. The van der Waals surface area contributed by atoms with Gasteiger partial charge in [-0.2, -0.15) is 0 Å². The first-order valence-corrected chi connectivity index (χ1v) is 6.11. The molecule has 5 atom stereocenters. The van der Waals surface area contributed by atoms with Crippen molar-refractivity contribution in [2.75, 3.05) is 26.4 Å². The van der Waals surface area contributed by atoms with Crippen molar-refractivity contribution < 1.29 is 34.6 Å². The van der Waals surface area contributed by atoms with E-state index in [-0.39, 0.29) is 6.61 Å². The molecule has 0 radical (unpaired) electrons. The van der Waals surface area contributed by atoms with Crippen molar-refractivity contribution in [3.8, 4) is 0 Å². The van der Waals surface area contributed by atoms with E-state index < -0.39 is 37.3 Å². The molecule has 0 aliphatic carbocycles. The second kappa shape index (κ2) is 8.00. The molecule has 1 fully saturated rings. The Hall–Kier alpha value is -0.280. The molecule has 1 heterocycles. The molecule has 1 aliphatic rings. The SMILES string of the molecule is CCCOCCO[C@H]1OC(CO)[C@@H](O)[C@H](O)C1O. The van der Waals surface area contributed by atoms with Crippen molar-refractivity contribution in [1.82, 2.24) is 0 Å². The second-order valence-electron chi connectivity index (χ2n) is 4.18. The largest absolute Gasteiger partial charge is 0.394 e. The predicted molar refractivity (Wildman–Crippen MR) is 60.8 cm³/mol. The van der Waals surface area contributed by atoms with Gasteiger partial charge in [0.15, 0.2) is 6.29 Å². The van der Waals surface area contributed by atoms with E-state index in [0.29, 0.717) is 13.2 Å². The minimum Gasteiger partial charge on any atom is -0.394 e. The fourth-order valence-electron chi connectivity index (χ4n) is 1.67. The van der Waals surface area contributed by atoms with E-state index in [0.717, 1.165) is 6.42 Å². The van der Waals surface area contributed by atoms with Gasteiger partial charge in [0.25, 0.3) is 0 Å². The Bertz CT molecular complexity index is 223. The van der Waals surface area contributed by atoms with Gasteiger partial charge in [-0.05, 0) is 6.42 Å². The molecule has 0 saturated carbocycles. The maximum atomic E-state index is 9.64. The van der Waals surface area contributed by atoms with Gasteiger partial charge in [0.05, 0.1) is 19.8 Å². The zero-order valence-electron chi connectivity index (χ0n) is 10.4. The normalized spacial score (nSPS) is 36.8. The Labute approximate surface area is 106 Å². The van der Waals surface area contributed by atoms with Crippen LogP contribution in [0.25, 0.3) is 0 Å². The van der Waals surface area contributed by atoms with Crippen molar-refractivity contribution >= 4 is 0 Å². The highest BCUT2D eigenvalue weighted by Crippen LogP contribution is 2.21. The van der Waals surface area contributed by atoms with E-state index in [1.54, 1.807) is 0 Å². The molecule has 18 heavy (non-hydrogen) atoms. The number of aliphatic hydroxyl groups is 4. The summed E-state index contributed by atoms with van der Waals surface area (Å²) in [6.07, 6.45) is -5.23. The van der Waals surface area contributed by atoms with Crippen LogP contribution in [-0.4, -0.2) is 77.6 Å². The summed E-state index contributed by atoms with van der Waals surface area (Å²) in [7, 11) is 0. The lowest BCUT2D eigenvalue weighted by atomic mass is 9.99. The van der Waals surface area contributed by atoms with Crippen molar-refractivity contribution in [2.24, 2.45) is 0 Å². The quantitative estimate of drug-likeness (QED) is 0.404. The van der Waals surface area contributed by atoms with Gasteiger partial charge in [-0.1, -0.05) is 6.92 Å². The van der Waals surface area contributed by atoms with Crippen LogP contribution >= 0.6 is 0 Å². The van der Waals surface area contributed by atoms with Crippen LogP contribution in [0.2, 0.25) is 0 Å². The van der Waals surface area contributed by atoms with E-state index >= 15 is 0 Å². The number of aliphatic hydroxyl groups excluding tert-OH is 4. The second-order valence-corrected chi connectivity index (χ2v) is 4.18. The fraction of sp³-hybridized carbons (Fsp3) is 1.00. The van der Waals surface area contributed by atoms with Crippen LogP contribution in [0.4, 0.5) is 0 Å². The monoisotopic (exact) mass is 266 g/mol. The molecule has 1 rings (SSSR count). The van der Waals surface area contributed by atoms with E-state index in [1.807, 2.05) is 6.92 Å². The predicted octanol–water partition coefficient (Wildman–Crippen LogP) is -1.77. The molecule has 0 aromatic heterocycles. The van der Waals surface area contributed by atoms with Crippen LogP contribution in [0.15, 0.2) is 0 Å². The van der Waals surface area contributed by atoms with Gasteiger partial charge in [0.1, 0.15) is 24.4 Å². The van der Waals surface area contributed by atoms with Crippen LogP contribution in [0, 0.1) is 0 Å². The van der Waals surface area contributed by atoms with E-state index in [9.17, 15) is 15.3 Å². The Kier molecular flexibility index (Phi) is 7.02. The Morgan fingerprint density at radius 2 is 1.72 bits per heavy atom. The van der Waals surface area contributed by atoms with Gasteiger partial charge in [-0.15, -0.1) is 0 Å². The molecule has 7 heteroatoms. The summed E-state index contributed by atoms with van der Waals surface area (Å²) in [6, 6.07) is 0. The van der Waals surface area contributed by atoms with Gasteiger partial charge < -0.3 is 34.6 Å². The zero-order valence-corrected chi connectivity index (χ0v) is 10.4. The third kappa shape index (κ3) is 4.13. The van der Waals surface area contributed by atoms with Crippen molar-refractivity contribution in [2.45, 2.75) is 44.1 Å². The van der Waals surface area contributed by atoms with Crippen LogP contribution in [0.1, 0.15) is 13.3 Å². The standard InChI is InChI=1S/C11H22O7/c1-2-3-16-4-5-17-11-10(15)9(14)8(13)7(6-12)18-11/h7-15H,2-6H2,1H3/t7?,8-,9+,10?,11+/m1/s1. The summed E-state index contributed by atoms with van der Waals surface area (Å²) in [5.74, 6) is 0. The third-order valence-corrected chi connectivity index (χ3v) is 2.71. The first-order valence-electron chi connectivity index (χ1n) is 6.11. The highest BCUT2D eigenvalue weighted by molar-refractivity contribution is 4.88. The summed E-state index contributed by atoms with van der Waals surface area (Å²) < 4.78 is 15.5. The summed E-state index contributed by atoms with van der Waals surface area (Å²) in [5.41, 5.74) is 0. The molecule has 108 valence electrons. The Balaban J connectivity index is 2.35. The maximum Gasteiger partial charge on any atom is 0.186 e. The van der Waals surface area contributed by atoms with Gasteiger partial charge >= 0.3 is 0 Å². The van der Waals surface area contributed by atoms with Crippen molar-refractivity contribution in [3.63, 3.8) is 0 Å². The summed E-state index contributed by atoms with van der Waals surface area (Å²) >= 11 is 0. The van der Waals surface area contributed by atoms with Gasteiger partial charge in [-0.25, -0.2) is 0 Å². The fourth-order valence-corrected chi connectivity index (χ4v) is 1.67. The molecule has 1 aliphatic heterocycles. The topological polar surface area (TPSA) is 109 Å².